The van der Waals surface area contributed by atoms with E-state index in [1.54, 1.807) is 32.2 Å². The molecule has 2 N–H and O–H groups in total. The average Bonchev–Trinajstić information content (AvgIpc) is 2.58. The van der Waals surface area contributed by atoms with Crippen molar-refractivity contribution in [3.63, 3.8) is 0 Å². The van der Waals surface area contributed by atoms with Gasteiger partial charge < -0.3 is 10.4 Å². The average molecular weight is 320 g/mol. The molecule has 6 heteroatoms. The predicted molar refractivity (Wildman–Crippen MR) is 70.4 cm³/mol. The van der Waals surface area contributed by atoms with Crippen LogP contribution < -0.4 is 5.32 Å². The van der Waals surface area contributed by atoms with Crippen LogP contribution in [0, 0.1) is 5.41 Å². The zero-order valence-corrected chi connectivity index (χ0v) is 12.2. The summed E-state index contributed by atoms with van der Waals surface area (Å²) in [5.74, 6) is -1.40. The molecule has 0 bridgehead atoms. The molecule has 1 rings (SSSR count). The molecular weight excluding hydrogens is 306 g/mol. The van der Waals surface area contributed by atoms with E-state index in [0.29, 0.717) is 9.35 Å². The monoisotopic (exact) mass is 319 g/mol. The van der Waals surface area contributed by atoms with Gasteiger partial charge in [0.05, 0.1) is 0 Å². The largest absolute Gasteiger partial charge is 0.480 e. The minimum absolute atomic E-state index is 0.366. The van der Waals surface area contributed by atoms with E-state index in [2.05, 4.69) is 21.2 Å². The Kier molecular flexibility index (Phi) is 4.32. The first-order valence-electron chi connectivity index (χ1n) is 5.00. The van der Waals surface area contributed by atoms with E-state index in [1.807, 2.05) is 0 Å². The second kappa shape index (κ2) is 5.18. The van der Waals surface area contributed by atoms with Crippen LogP contribution in [0.1, 0.15) is 30.4 Å². The van der Waals surface area contributed by atoms with Crippen molar-refractivity contribution in [2.24, 2.45) is 5.41 Å². The number of hydrogen-bond donors (Lipinski definition) is 2. The summed E-state index contributed by atoms with van der Waals surface area (Å²) >= 11 is 4.52. The van der Waals surface area contributed by atoms with Gasteiger partial charge in [0.2, 0.25) is 0 Å². The molecule has 0 spiro atoms. The summed E-state index contributed by atoms with van der Waals surface area (Å²) in [5, 5.41) is 13.4. The van der Waals surface area contributed by atoms with Crippen LogP contribution >= 0.6 is 27.3 Å². The summed E-state index contributed by atoms with van der Waals surface area (Å²) in [6.07, 6.45) is 0. The minimum atomic E-state index is -1.03. The fourth-order valence-corrected chi connectivity index (χ4v) is 2.76. The smallest absolute Gasteiger partial charge is 0.326 e. The van der Waals surface area contributed by atoms with Crippen LogP contribution in [0.25, 0.3) is 0 Å². The number of halogens is 1. The first-order chi connectivity index (χ1) is 7.73. The van der Waals surface area contributed by atoms with Crippen molar-refractivity contribution in [1.29, 1.82) is 0 Å². The number of aliphatic carboxylic acids is 1. The zero-order valence-electron chi connectivity index (χ0n) is 9.78. The molecular formula is C11H14BrNO3S. The maximum atomic E-state index is 11.9. The van der Waals surface area contributed by atoms with Gasteiger partial charge in [-0.05, 0) is 32.8 Å². The summed E-state index contributed by atoms with van der Waals surface area (Å²) in [6, 6.07) is 0.843. The van der Waals surface area contributed by atoms with Crippen molar-refractivity contribution < 1.29 is 14.7 Å². The maximum absolute atomic E-state index is 11.9. The number of nitrogens with one attached hydrogen (secondary N) is 1. The van der Waals surface area contributed by atoms with E-state index in [9.17, 15) is 9.59 Å². The molecule has 0 aliphatic heterocycles. The standard InChI is InChI=1S/C11H14BrNO3S/c1-11(2,3)8(10(15)16)13-9(14)7-6(12)4-5-17-7/h4-5,8H,1-3H3,(H,13,14)(H,15,16)/t8-/m1/s1. The van der Waals surface area contributed by atoms with Gasteiger partial charge in [-0.3, -0.25) is 4.79 Å². The van der Waals surface area contributed by atoms with E-state index in [1.165, 1.54) is 11.3 Å². The molecule has 0 saturated heterocycles. The summed E-state index contributed by atoms with van der Waals surface area (Å²) in [4.78, 5) is 23.5. The molecule has 1 aromatic heterocycles. The molecule has 17 heavy (non-hydrogen) atoms. The van der Waals surface area contributed by atoms with Gasteiger partial charge in [-0.2, -0.15) is 0 Å². The summed E-state index contributed by atoms with van der Waals surface area (Å²) in [5.41, 5.74) is -0.536. The molecule has 0 aliphatic rings. The van der Waals surface area contributed by atoms with Crippen molar-refractivity contribution in [2.45, 2.75) is 26.8 Å². The fourth-order valence-electron chi connectivity index (χ4n) is 1.30. The third-order valence-electron chi connectivity index (χ3n) is 2.21. The lowest BCUT2D eigenvalue weighted by atomic mass is 9.87. The number of amides is 1. The van der Waals surface area contributed by atoms with Crippen LogP contribution in [0.2, 0.25) is 0 Å². The number of carboxylic acid groups (broad SMARTS) is 1. The number of carbonyl (C=O) groups excluding carboxylic acids is 1. The lowest BCUT2D eigenvalue weighted by Gasteiger charge is -2.27. The Balaban J connectivity index is 2.86. The Hall–Kier alpha value is -0.880. The summed E-state index contributed by atoms with van der Waals surface area (Å²) in [6.45, 7) is 5.32. The second-order valence-corrected chi connectivity index (χ2v) is 6.48. The van der Waals surface area contributed by atoms with E-state index in [4.69, 9.17) is 5.11 Å². The molecule has 0 aliphatic carbocycles. The van der Waals surface area contributed by atoms with E-state index in [0.717, 1.165) is 0 Å². The van der Waals surface area contributed by atoms with E-state index >= 15 is 0 Å². The Morgan fingerprint density at radius 1 is 1.47 bits per heavy atom. The predicted octanol–water partition coefficient (Wildman–Crippen LogP) is 2.74. The fraction of sp³-hybridized carbons (Fsp3) is 0.455. The molecule has 4 nitrogen and oxygen atoms in total. The van der Waals surface area contributed by atoms with Crippen molar-refractivity contribution in [1.82, 2.24) is 5.32 Å². The highest BCUT2D eigenvalue weighted by atomic mass is 79.9. The molecule has 0 fully saturated rings. The van der Waals surface area contributed by atoms with Crippen molar-refractivity contribution in [3.8, 4) is 0 Å². The second-order valence-electron chi connectivity index (χ2n) is 4.71. The first kappa shape index (κ1) is 14.2. The number of hydrogen-bond acceptors (Lipinski definition) is 3. The molecule has 1 aromatic rings. The molecule has 0 saturated carbocycles. The third kappa shape index (κ3) is 3.54. The van der Waals surface area contributed by atoms with Gasteiger partial charge in [-0.15, -0.1) is 11.3 Å². The Bertz CT molecular complexity index is 436. The highest BCUT2D eigenvalue weighted by Crippen LogP contribution is 2.24. The molecule has 0 radical (unpaired) electrons. The molecule has 1 atom stereocenters. The lowest BCUT2D eigenvalue weighted by molar-refractivity contribution is -0.142. The Labute approximate surface area is 112 Å². The van der Waals surface area contributed by atoms with Crippen LogP contribution in [0.3, 0.4) is 0 Å². The van der Waals surface area contributed by atoms with Gasteiger partial charge in [-0.1, -0.05) is 20.8 Å². The quantitative estimate of drug-likeness (QED) is 0.900. The normalized spacial score (nSPS) is 13.2. The van der Waals surface area contributed by atoms with Gasteiger partial charge in [0.15, 0.2) is 0 Å². The van der Waals surface area contributed by atoms with Crippen molar-refractivity contribution in [3.05, 3.63) is 20.8 Å². The Morgan fingerprint density at radius 2 is 2.06 bits per heavy atom. The third-order valence-corrected chi connectivity index (χ3v) is 4.05. The number of carbonyl (C=O) groups is 2. The van der Waals surface area contributed by atoms with E-state index in [-0.39, 0.29) is 5.91 Å². The zero-order chi connectivity index (χ0) is 13.2. The van der Waals surface area contributed by atoms with Gasteiger partial charge in [0.25, 0.3) is 5.91 Å². The highest BCUT2D eigenvalue weighted by molar-refractivity contribution is 9.10. The van der Waals surface area contributed by atoms with Crippen LogP contribution in [0.5, 0.6) is 0 Å². The van der Waals surface area contributed by atoms with Crippen molar-refractivity contribution in [2.75, 3.05) is 0 Å². The molecule has 0 unspecified atom stereocenters. The van der Waals surface area contributed by atoms with Gasteiger partial charge in [0.1, 0.15) is 10.9 Å². The van der Waals surface area contributed by atoms with Gasteiger partial charge >= 0.3 is 5.97 Å². The van der Waals surface area contributed by atoms with Crippen molar-refractivity contribution >= 4 is 39.1 Å². The van der Waals surface area contributed by atoms with Crippen LogP contribution in [0.15, 0.2) is 15.9 Å². The van der Waals surface area contributed by atoms with Gasteiger partial charge in [0, 0.05) is 4.47 Å². The minimum Gasteiger partial charge on any atom is -0.480 e. The van der Waals surface area contributed by atoms with Crippen LogP contribution in [-0.4, -0.2) is 23.0 Å². The first-order valence-corrected chi connectivity index (χ1v) is 6.67. The summed E-state index contributed by atoms with van der Waals surface area (Å²) < 4.78 is 0.679. The SMILES string of the molecule is CC(C)(C)[C@H](NC(=O)c1sccc1Br)C(=O)O. The molecule has 94 valence electrons. The lowest BCUT2D eigenvalue weighted by Crippen LogP contribution is -2.48. The molecule has 0 aromatic carbocycles. The van der Waals surface area contributed by atoms with E-state index < -0.39 is 17.4 Å². The topological polar surface area (TPSA) is 66.4 Å². The maximum Gasteiger partial charge on any atom is 0.326 e. The number of thiophene rings is 1. The van der Waals surface area contributed by atoms with Crippen LogP contribution in [0.4, 0.5) is 0 Å². The Morgan fingerprint density at radius 3 is 2.41 bits per heavy atom. The van der Waals surface area contributed by atoms with Gasteiger partial charge in [-0.25, -0.2) is 4.79 Å². The molecule has 1 heterocycles. The molecule has 1 amide bonds. The van der Waals surface area contributed by atoms with Crippen LogP contribution in [-0.2, 0) is 4.79 Å². The number of carboxylic acids is 1. The highest BCUT2D eigenvalue weighted by Gasteiger charge is 2.33. The number of rotatable bonds is 3. The summed E-state index contributed by atoms with van der Waals surface area (Å²) in [7, 11) is 0.